The highest BCUT2D eigenvalue weighted by atomic mass is 16.1. The van der Waals surface area contributed by atoms with Crippen molar-refractivity contribution >= 4 is 11.6 Å². The second-order valence-corrected chi connectivity index (χ2v) is 8.09. The Morgan fingerprint density at radius 1 is 1.21 bits per heavy atom. The van der Waals surface area contributed by atoms with Crippen LogP contribution in [0.1, 0.15) is 41.1 Å². The molecule has 1 saturated heterocycles. The standard InChI is InChI=1S/C23H29N5O/c1-16-13-22-24-17(2)21(18(3)28(22)26-16)9-10-23(29)25-20-11-12-27(15-20)14-19-7-5-4-6-8-19/h4-8,13,20H,9-12,14-15H2,1-3H3,(H,25,29)/t20-/m1/s1. The third kappa shape index (κ3) is 4.48. The topological polar surface area (TPSA) is 62.5 Å². The molecule has 0 aliphatic carbocycles. The maximum absolute atomic E-state index is 12.6. The molecule has 1 aliphatic heterocycles. The van der Waals surface area contributed by atoms with Crippen LogP contribution in [0.15, 0.2) is 36.4 Å². The Morgan fingerprint density at radius 3 is 2.79 bits per heavy atom. The summed E-state index contributed by atoms with van der Waals surface area (Å²) in [6.07, 6.45) is 2.17. The van der Waals surface area contributed by atoms with Crippen molar-refractivity contribution in [1.29, 1.82) is 0 Å². The minimum Gasteiger partial charge on any atom is -0.352 e. The average molecular weight is 392 g/mol. The molecule has 1 N–H and O–H groups in total. The Balaban J connectivity index is 1.31. The van der Waals surface area contributed by atoms with E-state index in [1.165, 1.54) is 5.56 Å². The van der Waals surface area contributed by atoms with Crippen molar-refractivity contribution in [1.82, 2.24) is 24.8 Å². The third-order valence-corrected chi connectivity index (χ3v) is 5.77. The molecule has 0 bridgehead atoms. The first-order valence-corrected chi connectivity index (χ1v) is 10.4. The van der Waals surface area contributed by atoms with Crippen LogP contribution in [-0.4, -0.2) is 44.5 Å². The summed E-state index contributed by atoms with van der Waals surface area (Å²) in [4.78, 5) is 19.6. The van der Waals surface area contributed by atoms with E-state index in [1.807, 2.05) is 30.5 Å². The van der Waals surface area contributed by atoms with Crippen LogP contribution in [-0.2, 0) is 17.8 Å². The van der Waals surface area contributed by atoms with Crippen molar-refractivity contribution in [3.05, 3.63) is 64.6 Å². The van der Waals surface area contributed by atoms with Gasteiger partial charge in [-0.2, -0.15) is 5.10 Å². The Kier molecular flexibility index (Phi) is 5.62. The van der Waals surface area contributed by atoms with Crippen LogP contribution in [0.2, 0.25) is 0 Å². The zero-order valence-electron chi connectivity index (χ0n) is 17.5. The molecular weight excluding hydrogens is 362 g/mol. The minimum atomic E-state index is 0.118. The molecule has 1 amide bonds. The molecule has 1 aromatic carbocycles. The number of aryl methyl sites for hydroxylation is 3. The minimum absolute atomic E-state index is 0.118. The molecule has 0 radical (unpaired) electrons. The van der Waals surface area contributed by atoms with Gasteiger partial charge in [0.25, 0.3) is 0 Å². The van der Waals surface area contributed by atoms with Crippen molar-refractivity contribution < 1.29 is 4.79 Å². The van der Waals surface area contributed by atoms with Gasteiger partial charge in [0.2, 0.25) is 5.91 Å². The van der Waals surface area contributed by atoms with Gasteiger partial charge in [0.1, 0.15) is 0 Å². The van der Waals surface area contributed by atoms with E-state index in [4.69, 9.17) is 0 Å². The van der Waals surface area contributed by atoms with Gasteiger partial charge in [-0.25, -0.2) is 9.50 Å². The second-order valence-electron chi connectivity index (χ2n) is 8.09. The highest BCUT2D eigenvalue weighted by molar-refractivity contribution is 5.76. The largest absolute Gasteiger partial charge is 0.352 e. The van der Waals surface area contributed by atoms with E-state index in [0.717, 1.165) is 54.3 Å². The number of benzene rings is 1. The lowest BCUT2D eigenvalue weighted by Gasteiger charge is -2.17. The van der Waals surface area contributed by atoms with Crippen molar-refractivity contribution in [3.63, 3.8) is 0 Å². The number of carbonyl (C=O) groups excluding carboxylic acids is 1. The van der Waals surface area contributed by atoms with E-state index in [0.29, 0.717) is 12.8 Å². The number of fused-ring (bicyclic) bond motifs is 1. The molecule has 1 aliphatic rings. The fraction of sp³-hybridized carbons (Fsp3) is 0.435. The van der Waals surface area contributed by atoms with Crippen LogP contribution in [0, 0.1) is 20.8 Å². The first-order chi connectivity index (χ1) is 14.0. The SMILES string of the molecule is Cc1cc2nc(C)c(CCC(=O)N[C@@H]3CCN(Cc4ccccc4)C3)c(C)n2n1. The molecule has 29 heavy (non-hydrogen) atoms. The summed E-state index contributed by atoms with van der Waals surface area (Å²) in [6, 6.07) is 12.7. The van der Waals surface area contributed by atoms with E-state index in [9.17, 15) is 4.79 Å². The number of hydrogen-bond donors (Lipinski definition) is 1. The fourth-order valence-electron chi connectivity index (χ4n) is 4.28. The lowest BCUT2D eigenvalue weighted by atomic mass is 10.1. The van der Waals surface area contributed by atoms with Gasteiger partial charge < -0.3 is 5.32 Å². The molecular formula is C23H29N5O. The summed E-state index contributed by atoms with van der Waals surface area (Å²) in [5.41, 5.74) is 6.32. The summed E-state index contributed by atoms with van der Waals surface area (Å²) in [5.74, 6) is 0.118. The van der Waals surface area contributed by atoms with E-state index < -0.39 is 0 Å². The number of carbonyl (C=O) groups is 1. The van der Waals surface area contributed by atoms with Gasteiger partial charge in [-0.05, 0) is 44.7 Å². The zero-order chi connectivity index (χ0) is 20.4. The number of rotatable bonds is 6. The molecule has 6 heteroatoms. The highest BCUT2D eigenvalue weighted by Crippen LogP contribution is 2.18. The molecule has 6 nitrogen and oxygen atoms in total. The zero-order valence-corrected chi connectivity index (χ0v) is 17.5. The second kappa shape index (κ2) is 8.33. The summed E-state index contributed by atoms with van der Waals surface area (Å²) < 4.78 is 1.88. The molecule has 3 aromatic rings. The number of aromatic nitrogens is 3. The third-order valence-electron chi connectivity index (χ3n) is 5.77. The predicted molar refractivity (Wildman–Crippen MR) is 114 cm³/mol. The first kappa shape index (κ1) is 19.6. The van der Waals surface area contributed by atoms with Crippen LogP contribution < -0.4 is 5.32 Å². The Labute approximate surface area is 171 Å². The predicted octanol–water partition coefficient (Wildman–Crippen LogP) is 2.98. The Morgan fingerprint density at radius 2 is 2.00 bits per heavy atom. The number of likely N-dealkylation sites (tertiary alicyclic amines) is 1. The molecule has 3 heterocycles. The summed E-state index contributed by atoms with van der Waals surface area (Å²) in [6.45, 7) is 8.93. The van der Waals surface area contributed by atoms with Gasteiger partial charge >= 0.3 is 0 Å². The van der Waals surface area contributed by atoms with Gasteiger partial charge in [-0.3, -0.25) is 9.69 Å². The van der Waals surface area contributed by atoms with Crippen LogP contribution in [0.3, 0.4) is 0 Å². The Bertz CT molecular complexity index is 1010. The molecule has 0 spiro atoms. The fourth-order valence-corrected chi connectivity index (χ4v) is 4.28. The van der Waals surface area contributed by atoms with E-state index >= 15 is 0 Å². The van der Waals surface area contributed by atoms with Gasteiger partial charge in [0, 0.05) is 49.6 Å². The first-order valence-electron chi connectivity index (χ1n) is 10.4. The maximum Gasteiger partial charge on any atom is 0.220 e. The van der Waals surface area contributed by atoms with Gasteiger partial charge in [0.05, 0.1) is 5.69 Å². The van der Waals surface area contributed by atoms with Crippen LogP contribution >= 0.6 is 0 Å². The number of nitrogens with zero attached hydrogens (tertiary/aromatic N) is 4. The van der Waals surface area contributed by atoms with Crippen molar-refractivity contribution in [3.8, 4) is 0 Å². The lowest BCUT2D eigenvalue weighted by molar-refractivity contribution is -0.121. The van der Waals surface area contributed by atoms with Gasteiger partial charge in [-0.1, -0.05) is 30.3 Å². The normalized spacial score (nSPS) is 17.1. The molecule has 1 atom stereocenters. The molecule has 152 valence electrons. The molecule has 4 rings (SSSR count). The number of hydrogen-bond acceptors (Lipinski definition) is 4. The number of amides is 1. The van der Waals surface area contributed by atoms with E-state index in [2.05, 4.69) is 51.5 Å². The monoisotopic (exact) mass is 391 g/mol. The van der Waals surface area contributed by atoms with Crippen LogP contribution in [0.4, 0.5) is 0 Å². The van der Waals surface area contributed by atoms with Crippen LogP contribution in [0.5, 0.6) is 0 Å². The highest BCUT2D eigenvalue weighted by Gasteiger charge is 2.24. The average Bonchev–Trinajstić information content (AvgIpc) is 3.28. The molecule has 0 unspecified atom stereocenters. The van der Waals surface area contributed by atoms with Gasteiger partial charge in [-0.15, -0.1) is 0 Å². The Hall–Kier alpha value is -2.73. The van der Waals surface area contributed by atoms with Crippen molar-refractivity contribution in [2.45, 2.75) is 52.6 Å². The molecule has 1 fully saturated rings. The molecule has 2 aromatic heterocycles. The summed E-state index contributed by atoms with van der Waals surface area (Å²) >= 11 is 0. The van der Waals surface area contributed by atoms with Crippen LogP contribution in [0.25, 0.3) is 5.65 Å². The van der Waals surface area contributed by atoms with Crippen molar-refractivity contribution in [2.75, 3.05) is 13.1 Å². The van der Waals surface area contributed by atoms with Gasteiger partial charge in [0.15, 0.2) is 5.65 Å². The quantitative estimate of drug-likeness (QED) is 0.702. The molecule has 0 saturated carbocycles. The van der Waals surface area contributed by atoms with E-state index in [1.54, 1.807) is 0 Å². The summed E-state index contributed by atoms with van der Waals surface area (Å²) in [5, 5.41) is 7.74. The van der Waals surface area contributed by atoms with E-state index in [-0.39, 0.29) is 11.9 Å². The smallest absolute Gasteiger partial charge is 0.220 e. The number of nitrogens with one attached hydrogen (secondary N) is 1. The summed E-state index contributed by atoms with van der Waals surface area (Å²) in [7, 11) is 0. The lowest BCUT2D eigenvalue weighted by Crippen LogP contribution is -2.37. The maximum atomic E-state index is 12.6. The van der Waals surface area contributed by atoms with Crippen molar-refractivity contribution in [2.24, 2.45) is 0 Å².